The van der Waals surface area contributed by atoms with Crippen LogP contribution in [0.3, 0.4) is 0 Å². The van der Waals surface area contributed by atoms with Crippen LogP contribution in [-0.4, -0.2) is 26.8 Å². The van der Waals surface area contributed by atoms with Crippen molar-refractivity contribution >= 4 is 15.9 Å². The molecular weight excluding hydrogens is 306 g/mol. The van der Waals surface area contributed by atoms with Crippen LogP contribution >= 0.6 is 15.9 Å². The van der Waals surface area contributed by atoms with Gasteiger partial charge in [-0.3, -0.25) is 4.68 Å². The lowest BCUT2D eigenvalue weighted by molar-refractivity contribution is 0.527. The first-order chi connectivity index (χ1) is 9.17. The molecule has 0 amide bonds. The second kappa shape index (κ2) is 6.25. The smallest absolute Gasteiger partial charge is 0.125 e. The molecule has 0 radical (unpaired) electrons. The van der Waals surface area contributed by atoms with Crippen molar-refractivity contribution in [3.63, 3.8) is 0 Å². The third-order valence-corrected chi connectivity index (χ3v) is 3.54. The molecule has 2 rings (SSSR count). The van der Waals surface area contributed by atoms with E-state index in [9.17, 15) is 0 Å². The minimum Gasteiger partial charge on any atom is -0.307 e. The molecule has 0 saturated heterocycles. The number of aryl methyl sites for hydroxylation is 2. The molecule has 0 aliphatic heterocycles. The lowest BCUT2D eigenvalue weighted by atomic mass is 10.1. The first-order valence-corrected chi connectivity index (χ1v) is 7.14. The van der Waals surface area contributed by atoms with Gasteiger partial charge in [-0.25, -0.2) is 9.97 Å². The number of halogens is 1. The van der Waals surface area contributed by atoms with Crippen LogP contribution in [0.4, 0.5) is 0 Å². The average Bonchev–Trinajstić information content (AvgIpc) is 2.74. The molecule has 2 aromatic heterocycles. The topological polar surface area (TPSA) is 55.6 Å². The number of nitrogens with one attached hydrogen (secondary N) is 1. The summed E-state index contributed by atoms with van der Waals surface area (Å²) >= 11 is 3.58. The van der Waals surface area contributed by atoms with Gasteiger partial charge in [0.1, 0.15) is 5.82 Å². The van der Waals surface area contributed by atoms with Gasteiger partial charge in [0.15, 0.2) is 0 Å². The fourth-order valence-corrected chi connectivity index (χ4v) is 2.63. The van der Waals surface area contributed by atoms with E-state index in [0.717, 1.165) is 34.7 Å². The zero-order valence-corrected chi connectivity index (χ0v) is 13.0. The van der Waals surface area contributed by atoms with Gasteiger partial charge in [0.05, 0.1) is 28.1 Å². The van der Waals surface area contributed by atoms with E-state index < -0.39 is 0 Å². The van der Waals surface area contributed by atoms with Crippen LogP contribution in [0.1, 0.15) is 36.6 Å². The van der Waals surface area contributed by atoms with E-state index in [2.05, 4.69) is 43.2 Å². The molecule has 1 atom stereocenters. The van der Waals surface area contributed by atoms with Gasteiger partial charge < -0.3 is 5.32 Å². The first kappa shape index (κ1) is 14.1. The van der Waals surface area contributed by atoms with Gasteiger partial charge in [-0.1, -0.05) is 6.92 Å². The molecule has 0 fully saturated rings. The summed E-state index contributed by atoms with van der Waals surface area (Å²) in [5.41, 5.74) is 2.05. The number of aromatic nitrogens is 4. The number of nitrogens with zero attached hydrogens (tertiary/aromatic N) is 4. The molecule has 19 heavy (non-hydrogen) atoms. The molecule has 0 spiro atoms. The van der Waals surface area contributed by atoms with Crippen LogP contribution in [0.5, 0.6) is 0 Å². The van der Waals surface area contributed by atoms with E-state index in [1.807, 2.05) is 30.9 Å². The summed E-state index contributed by atoms with van der Waals surface area (Å²) in [5, 5.41) is 7.72. The minimum atomic E-state index is 0.00475. The van der Waals surface area contributed by atoms with Crippen molar-refractivity contribution in [2.45, 2.75) is 32.9 Å². The molecule has 0 aliphatic rings. The predicted molar refractivity (Wildman–Crippen MR) is 77.9 cm³/mol. The molecule has 6 heteroatoms. The van der Waals surface area contributed by atoms with E-state index in [0.29, 0.717) is 0 Å². The Morgan fingerprint density at radius 1 is 1.47 bits per heavy atom. The lowest BCUT2D eigenvalue weighted by Crippen LogP contribution is -2.23. The van der Waals surface area contributed by atoms with Crippen molar-refractivity contribution in [2.75, 3.05) is 7.05 Å². The summed E-state index contributed by atoms with van der Waals surface area (Å²) in [7, 11) is 1.93. The van der Waals surface area contributed by atoms with Gasteiger partial charge in [0.25, 0.3) is 0 Å². The van der Waals surface area contributed by atoms with Crippen LogP contribution in [0, 0.1) is 6.92 Å². The summed E-state index contributed by atoms with van der Waals surface area (Å²) in [4.78, 5) is 8.65. The quantitative estimate of drug-likeness (QED) is 0.918. The fraction of sp³-hybridized carbons (Fsp3) is 0.462. The van der Waals surface area contributed by atoms with Gasteiger partial charge in [-0.2, -0.15) is 5.10 Å². The Morgan fingerprint density at radius 2 is 2.26 bits per heavy atom. The molecule has 5 nitrogen and oxygen atoms in total. The Hall–Kier alpha value is -1.27. The molecule has 0 bridgehead atoms. The maximum absolute atomic E-state index is 4.51. The Labute approximate surface area is 121 Å². The van der Waals surface area contributed by atoms with E-state index in [4.69, 9.17) is 0 Å². The SMILES string of the molecule is CCCn1ncc(Br)c1C(NC)c1ccnc(C)n1. The highest BCUT2D eigenvalue weighted by Gasteiger charge is 2.21. The minimum absolute atomic E-state index is 0.00475. The zero-order valence-electron chi connectivity index (χ0n) is 11.4. The Kier molecular flexibility index (Phi) is 4.66. The predicted octanol–water partition coefficient (Wildman–Crippen LogP) is 2.46. The first-order valence-electron chi connectivity index (χ1n) is 6.35. The summed E-state index contributed by atoms with van der Waals surface area (Å²) < 4.78 is 3.01. The van der Waals surface area contributed by atoms with Gasteiger partial charge in [-0.05, 0) is 42.4 Å². The average molecular weight is 324 g/mol. The molecule has 0 saturated carbocycles. The number of hydrogen-bond donors (Lipinski definition) is 1. The van der Waals surface area contributed by atoms with Gasteiger partial charge in [0, 0.05) is 12.7 Å². The Bertz CT molecular complexity index is 552. The molecular formula is C13H18BrN5. The normalized spacial score (nSPS) is 12.6. The highest BCUT2D eigenvalue weighted by Crippen LogP contribution is 2.27. The van der Waals surface area contributed by atoms with Crippen molar-refractivity contribution in [1.82, 2.24) is 25.1 Å². The third kappa shape index (κ3) is 3.01. The highest BCUT2D eigenvalue weighted by molar-refractivity contribution is 9.10. The van der Waals surface area contributed by atoms with Crippen molar-refractivity contribution < 1.29 is 0 Å². The molecule has 102 valence electrons. The number of rotatable bonds is 5. The second-order valence-electron chi connectivity index (χ2n) is 4.35. The van der Waals surface area contributed by atoms with E-state index in [-0.39, 0.29) is 6.04 Å². The monoisotopic (exact) mass is 323 g/mol. The summed E-state index contributed by atoms with van der Waals surface area (Å²) in [6, 6.07) is 1.94. The van der Waals surface area contributed by atoms with Crippen molar-refractivity contribution in [1.29, 1.82) is 0 Å². The van der Waals surface area contributed by atoms with E-state index >= 15 is 0 Å². The number of hydrogen-bond acceptors (Lipinski definition) is 4. The Balaban J connectivity index is 2.44. The largest absolute Gasteiger partial charge is 0.307 e. The molecule has 1 unspecified atom stereocenters. The summed E-state index contributed by atoms with van der Waals surface area (Å²) in [6.45, 7) is 4.93. The zero-order chi connectivity index (χ0) is 13.8. The molecule has 2 heterocycles. The standard InChI is InChI=1S/C13H18BrN5/c1-4-7-19-13(10(14)8-17-19)12(15-3)11-5-6-16-9(2)18-11/h5-6,8,12,15H,4,7H2,1-3H3. The Morgan fingerprint density at radius 3 is 2.89 bits per heavy atom. The second-order valence-corrected chi connectivity index (χ2v) is 5.21. The van der Waals surface area contributed by atoms with Gasteiger partial charge >= 0.3 is 0 Å². The van der Waals surface area contributed by atoms with Crippen LogP contribution in [0.2, 0.25) is 0 Å². The molecule has 0 aliphatic carbocycles. The molecule has 1 N–H and O–H groups in total. The van der Waals surface area contributed by atoms with Crippen LogP contribution in [-0.2, 0) is 6.54 Å². The van der Waals surface area contributed by atoms with E-state index in [1.54, 1.807) is 6.20 Å². The van der Waals surface area contributed by atoms with Crippen LogP contribution in [0.25, 0.3) is 0 Å². The van der Waals surface area contributed by atoms with E-state index in [1.165, 1.54) is 0 Å². The molecule has 0 aromatic carbocycles. The maximum Gasteiger partial charge on any atom is 0.125 e. The third-order valence-electron chi connectivity index (χ3n) is 2.92. The maximum atomic E-state index is 4.51. The van der Waals surface area contributed by atoms with Gasteiger partial charge in [0.2, 0.25) is 0 Å². The fourth-order valence-electron chi connectivity index (χ4n) is 2.11. The molecule has 2 aromatic rings. The lowest BCUT2D eigenvalue weighted by Gasteiger charge is -2.18. The summed E-state index contributed by atoms with van der Waals surface area (Å²) in [5.74, 6) is 0.774. The van der Waals surface area contributed by atoms with Crippen molar-refractivity contribution in [2.24, 2.45) is 0 Å². The van der Waals surface area contributed by atoms with Crippen molar-refractivity contribution in [3.8, 4) is 0 Å². The van der Waals surface area contributed by atoms with Crippen LogP contribution < -0.4 is 5.32 Å². The van der Waals surface area contributed by atoms with Crippen LogP contribution in [0.15, 0.2) is 22.9 Å². The van der Waals surface area contributed by atoms with Crippen molar-refractivity contribution in [3.05, 3.63) is 40.1 Å². The van der Waals surface area contributed by atoms with Gasteiger partial charge in [-0.15, -0.1) is 0 Å². The highest BCUT2D eigenvalue weighted by atomic mass is 79.9. The summed E-state index contributed by atoms with van der Waals surface area (Å²) in [6.07, 6.45) is 4.67.